The number of azide groups is 1. The number of methoxy groups -OCH3 is 2. The molecule has 0 aromatic heterocycles. The molecule has 0 aliphatic heterocycles. The summed E-state index contributed by atoms with van der Waals surface area (Å²) in [5, 5.41) is 3.63. The number of rotatable bonds is 13. The monoisotopic (exact) mass is 395 g/mol. The van der Waals surface area contributed by atoms with Gasteiger partial charge in [0.05, 0.1) is 14.2 Å². The topological polar surface area (TPSA) is 67.2 Å². The average Bonchev–Trinajstić information content (AvgIpc) is 2.74. The van der Waals surface area contributed by atoms with Crippen molar-refractivity contribution in [3.8, 4) is 11.5 Å². The Balaban J connectivity index is 1.97. The fourth-order valence-corrected chi connectivity index (χ4v) is 3.76. The fraction of sp³-hybridized carbons (Fsp3) is 0.500. The summed E-state index contributed by atoms with van der Waals surface area (Å²) in [7, 11) is 3.34. The van der Waals surface area contributed by atoms with E-state index in [1.165, 1.54) is 29.5 Å². The van der Waals surface area contributed by atoms with Crippen LogP contribution < -0.4 is 9.47 Å². The molecule has 0 spiro atoms. The third kappa shape index (κ3) is 8.08. The Hall–Kier alpha value is -2.65. The first kappa shape index (κ1) is 22.6. The second-order valence-corrected chi connectivity index (χ2v) is 7.59. The number of aryl methyl sites for hydroxylation is 2. The highest BCUT2D eigenvalue weighted by Crippen LogP contribution is 2.29. The molecule has 29 heavy (non-hydrogen) atoms. The molecule has 1 atom stereocenters. The number of hydrogen-bond acceptors (Lipinski definition) is 3. The van der Waals surface area contributed by atoms with E-state index in [2.05, 4.69) is 53.3 Å². The molecule has 2 aromatic rings. The molecule has 0 fully saturated rings. The highest BCUT2D eigenvalue weighted by molar-refractivity contribution is 5.42. The van der Waals surface area contributed by atoms with E-state index < -0.39 is 0 Å². The third-order valence-electron chi connectivity index (χ3n) is 5.33. The standard InChI is InChI=1S/C24H33N3O2/c1-19-8-7-10-22(16-19)17-20(9-5-4-6-15-26-27-25)11-12-21-13-14-23(28-2)24(18-21)29-3/h7-8,10,13-14,16,18,20H,4-6,9,11-12,15,17H2,1-3H3/t20-/m0/s1. The van der Waals surface area contributed by atoms with Crippen LogP contribution in [0, 0.1) is 12.8 Å². The maximum absolute atomic E-state index is 8.39. The van der Waals surface area contributed by atoms with Gasteiger partial charge in [-0.3, -0.25) is 0 Å². The van der Waals surface area contributed by atoms with Gasteiger partial charge in [-0.2, -0.15) is 0 Å². The Kier molecular flexibility index (Phi) is 9.94. The summed E-state index contributed by atoms with van der Waals surface area (Å²) in [6.07, 6.45) is 7.71. The average molecular weight is 396 g/mol. The van der Waals surface area contributed by atoms with Gasteiger partial charge in [0.15, 0.2) is 11.5 Å². The lowest BCUT2D eigenvalue weighted by Crippen LogP contribution is -2.07. The van der Waals surface area contributed by atoms with Crippen molar-refractivity contribution < 1.29 is 9.47 Å². The second-order valence-electron chi connectivity index (χ2n) is 7.59. The van der Waals surface area contributed by atoms with Gasteiger partial charge >= 0.3 is 0 Å². The Morgan fingerprint density at radius 2 is 1.76 bits per heavy atom. The maximum Gasteiger partial charge on any atom is 0.160 e. The van der Waals surface area contributed by atoms with E-state index >= 15 is 0 Å². The molecule has 0 saturated carbocycles. The molecule has 0 aliphatic rings. The zero-order chi connectivity index (χ0) is 20.9. The van der Waals surface area contributed by atoms with Crippen molar-refractivity contribution in [2.45, 2.75) is 51.9 Å². The van der Waals surface area contributed by atoms with E-state index in [9.17, 15) is 0 Å². The van der Waals surface area contributed by atoms with Gasteiger partial charge in [0.25, 0.3) is 0 Å². The molecule has 5 heteroatoms. The quantitative estimate of drug-likeness (QED) is 0.164. The SMILES string of the molecule is COc1ccc(CC[C@H](CCCCCN=[N+]=[N-])Cc2cccc(C)c2)cc1OC. The highest BCUT2D eigenvalue weighted by atomic mass is 16.5. The smallest absolute Gasteiger partial charge is 0.160 e. The van der Waals surface area contributed by atoms with Crippen LogP contribution in [0.1, 0.15) is 48.8 Å². The minimum atomic E-state index is 0.602. The van der Waals surface area contributed by atoms with Crippen molar-refractivity contribution in [1.82, 2.24) is 0 Å². The van der Waals surface area contributed by atoms with Gasteiger partial charge in [-0.1, -0.05) is 60.3 Å². The lowest BCUT2D eigenvalue weighted by molar-refractivity contribution is 0.354. The minimum Gasteiger partial charge on any atom is -0.493 e. The molecule has 0 amide bonds. The Labute approximate surface area is 174 Å². The summed E-state index contributed by atoms with van der Waals surface area (Å²) < 4.78 is 10.8. The lowest BCUT2D eigenvalue weighted by atomic mass is 9.88. The van der Waals surface area contributed by atoms with Gasteiger partial charge < -0.3 is 9.47 Å². The van der Waals surface area contributed by atoms with E-state index in [0.29, 0.717) is 12.5 Å². The summed E-state index contributed by atoms with van der Waals surface area (Å²) >= 11 is 0. The van der Waals surface area contributed by atoms with Crippen LogP contribution in [-0.2, 0) is 12.8 Å². The zero-order valence-corrected chi connectivity index (χ0v) is 17.9. The lowest BCUT2D eigenvalue weighted by Gasteiger charge is -2.18. The van der Waals surface area contributed by atoms with E-state index in [0.717, 1.165) is 43.6 Å². The first-order valence-electron chi connectivity index (χ1n) is 10.4. The first-order chi connectivity index (χ1) is 14.2. The first-order valence-corrected chi connectivity index (χ1v) is 10.4. The Bertz CT molecular complexity index is 800. The second kappa shape index (κ2) is 12.7. The number of unbranched alkanes of at least 4 members (excludes halogenated alkanes) is 2. The van der Waals surface area contributed by atoms with Gasteiger partial charge in [0, 0.05) is 11.5 Å². The van der Waals surface area contributed by atoms with Crippen molar-refractivity contribution in [1.29, 1.82) is 0 Å². The van der Waals surface area contributed by atoms with Gasteiger partial charge in [0.2, 0.25) is 0 Å². The van der Waals surface area contributed by atoms with Crippen LogP contribution >= 0.6 is 0 Å². The van der Waals surface area contributed by atoms with Crippen molar-refractivity contribution in [2.75, 3.05) is 20.8 Å². The van der Waals surface area contributed by atoms with E-state index in [1.807, 2.05) is 6.07 Å². The van der Waals surface area contributed by atoms with Crippen molar-refractivity contribution in [3.05, 3.63) is 69.6 Å². The number of hydrogen-bond donors (Lipinski definition) is 0. The van der Waals surface area contributed by atoms with Crippen molar-refractivity contribution >= 4 is 0 Å². The normalized spacial score (nSPS) is 11.6. The molecule has 0 bridgehead atoms. The molecule has 0 unspecified atom stereocenters. The molecule has 2 rings (SSSR count). The molecule has 0 N–H and O–H groups in total. The summed E-state index contributed by atoms with van der Waals surface area (Å²) in [4.78, 5) is 2.83. The molecule has 5 nitrogen and oxygen atoms in total. The molecule has 0 heterocycles. The predicted molar refractivity (Wildman–Crippen MR) is 119 cm³/mol. The van der Waals surface area contributed by atoms with Gasteiger partial charge in [-0.15, -0.1) is 0 Å². The van der Waals surface area contributed by atoms with Crippen LogP contribution in [0.3, 0.4) is 0 Å². The van der Waals surface area contributed by atoms with Gasteiger partial charge in [-0.25, -0.2) is 0 Å². The fourth-order valence-electron chi connectivity index (χ4n) is 3.76. The largest absolute Gasteiger partial charge is 0.493 e. The summed E-state index contributed by atoms with van der Waals surface area (Å²) in [6, 6.07) is 15.0. The van der Waals surface area contributed by atoms with Gasteiger partial charge in [-0.05, 0) is 67.3 Å². The van der Waals surface area contributed by atoms with Crippen LogP contribution in [0.2, 0.25) is 0 Å². The summed E-state index contributed by atoms with van der Waals surface area (Å²) in [5.41, 5.74) is 12.4. The predicted octanol–water partition coefficient (Wildman–Crippen LogP) is 6.67. The van der Waals surface area contributed by atoms with Crippen LogP contribution in [0.4, 0.5) is 0 Å². The van der Waals surface area contributed by atoms with E-state index in [4.69, 9.17) is 15.0 Å². The van der Waals surface area contributed by atoms with Crippen LogP contribution in [0.15, 0.2) is 47.6 Å². The molecular formula is C24H33N3O2. The number of nitrogens with zero attached hydrogens (tertiary/aromatic N) is 3. The van der Waals surface area contributed by atoms with E-state index in [-0.39, 0.29) is 0 Å². The molecule has 2 aromatic carbocycles. The zero-order valence-electron chi connectivity index (χ0n) is 17.9. The molecule has 0 saturated heterocycles. The summed E-state index contributed by atoms with van der Waals surface area (Å²) in [6.45, 7) is 2.75. The Morgan fingerprint density at radius 3 is 2.48 bits per heavy atom. The molecule has 0 aliphatic carbocycles. The third-order valence-corrected chi connectivity index (χ3v) is 5.33. The van der Waals surface area contributed by atoms with E-state index in [1.54, 1.807) is 14.2 Å². The number of ether oxygens (including phenoxy) is 2. The molecule has 0 radical (unpaired) electrons. The maximum atomic E-state index is 8.39. The van der Waals surface area contributed by atoms with Crippen LogP contribution in [0.5, 0.6) is 11.5 Å². The van der Waals surface area contributed by atoms with Crippen molar-refractivity contribution in [3.63, 3.8) is 0 Å². The highest BCUT2D eigenvalue weighted by Gasteiger charge is 2.12. The van der Waals surface area contributed by atoms with Crippen molar-refractivity contribution in [2.24, 2.45) is 11.0 Å². The summed E-state index contributed by atoms with van der Waals surface area (Å²) in [5.74, 6) is 2.19. The van der Waals surface area contributed by atoms with Crippen LogP contribution in [0.25, 0.3) is 10.4 Å². The molecule has 156 valence electrons. The Morgan fingerprint density at radius 1 is 0.931 bits per heavy atom. The number of benzene rings is 2. The molecular weight excluding hydrogens is 362 g/mol. The van der Waals surface area contributed by atoms with Crippen LogP contribution in [-0.4, -0.2) is 20.8 Å². The van der Waals surface area contributed by atoms with Gasteiger partial charge in [0.1, 0.15) is 0 Å². The minimum absolute atomic E-state index is 0.602.